The lowest BCUT2D eigenvalue weighted by Gasteiger charge is -2.18. The van der Waals surface area contributed by atoms with Crippen LogP contribution in [0.2, 0.25) is 0 Å². The molecular weight excluding hydrogens is 274 g/mol. The monoisotopic (exact) mass is 292 g/mol. The first-order valence-corrected chi connectivity index (χ1v) is 7.90. The fraction of sp³-hybridized carbons (Fsp3) is 0.500. The van der Waals surface area contributed by atoms with Crippen LogP contribution in [0, 0.1) is 18.6 Å². The van der Waals surface area contributed by atoms with Gasteiger partial charge in [-0.2, -0.15) is 0 Å². The summed E-state index contributed by atoms with van der Waals surface area (Å²) in [6.45, 7) is 1.53. The summed E-state index contributed by atoms with van der Waals surface area (Å²) in [4.78, 5) is 0. The highest BCUT2D eigenvalue weighted by Gasteiger charge is 2.20. The number of halogens is 2. The molecule has 0 amide bonds. The topological polar surface area (TPSA) is 72.2 Å². The summed E-state index contributed by atoms with van der Waals surface area (Å²) in [5.74, 6) is 3.93. The fourth-order valence-electron chi connectivity index (χ4n) is 1.86. The first-order chi connectivity index (χ1) is 8.76. The molecule has 0 bridgehead atoms. The Kier molecular flexibility index (Phi) is 5.39. The Morgan fingerprint density at radius 1 is 1.37 bits per heavy atom. The number of hydrazine groups is 1. The average molecular weight is 292 g/mol. The van der Waals surface area contributed by atoms with Crippen molar-refractivity contribution in [3.63, 3.8) is 0 Å². The molecule has 1 aromatic carbocycles. The molecule has 0 fully saturated rings. The minimum atomic E-state index is -3.09. The highest BCUT2D eigenvalue weighted by atomic mass is 32.2. The molecule has 1 aromatic rings. The van der Waals surface area contributed by atoms with E-state index in [4.69, 9.17) is 5.84 Å². The maximum atomic E-state index is 13.9. The summed E-state index contributed by atoms with van der Waals surface area (Å²) in [6, 6.07) is 1.77. The number of sulfone groups is 1. The van der Waals surface area contributed by atoms with Gasteiger partial charge in [0.25, 0.3) is 0 Å². The van der Waals surface area contributed by atoms with Gasteiger partial charge in [-0.15, -0.1) is 0 Å². The average Bonchev–Trinajstić information content (AvgIpc) is 2.31. The van der Waals surface area contributed by atoms with Crippen LogP contribution in [-0.2, 0) is 9.84 Å². The van der Waals surface area contributed by atoms with E-state index >= 15 is 0 Å². The molecule has 4 nitrogen and oxygen atoms in total. The SMILES string of the molecule is Cc1ccc(F)c(C(CCCS(C)(=O)=O)NN)c1F. The smallest absolute Gasteiger partial charge is 0.147 e. The second-order valence-electron chi connectivity index (χ2n) is 4.58. The minimum Gasteiger partial charge on any atom is -0.271 e. The van der Waals surface area contributed by atoms with Gasteiger partial charge in [-0.25, -0.2) is 17.2 Å². The molecule has 1 unspecified atom stereocenters. The number of hydrogen-bond donors (Lipinski definition) is 2. The largest absolute Gasteiger partial charge is 0.271 e. The second kappa shape index (κ2) is 6.40. The third-order valence-electron chi connectivity index (χ3n) is 2.88. The number of nitrogens with one attached hydrogen (secondary N) is 1. The van der Waals surface area contributed by atoms with E-state index in [0.717, 1.165) is 6.26 Å². The van der Waals surface area contributed by atoms with Gasteiger partial charge >= 0.3 is 0 Å². The highest BCUT2D eigenvalue weighted by Crippen LogP contribution is 2.26. The number of nitrogens with two attached hydrogens (primary N) is 1. The molecule has 1 atom stereocenters. The molecule has 1 rings (SSSR count). The molecule has 0 aliphatic rings. The summed E-state index contributed by atoms with van der Waals surface area (Å²) >= 11 is 0. The van der Waals surface area contributed by atoms with Crippen molar-refractivity contribution in [2.75, 3.05) is 12.0 Å². The van der Waals surface area contributed by atoms with E-state index in [1.165, 1.54) is 19.1 Å². The molecule has 0 heterocycles. The molecule has 108 valence electrons. The Hall–Kier alpha value is -1.05. The van der Waals surface area contributed by atoms with Crippen molar-refractivity contribution in [3.05, 3.63) is 34.9 Å². The van der Waals surface area contributed by atoms with Crippen LogP contribution < -0.4 is 11.3 Å². The Bertz CT molecular complexity index is 547. The Morgan fingerprint density at radius 3 is 2.53 bits per heavy atom. The lowest BCUT2D eigenvalue weighted by atomic mass is 9.99. The van der Waals surface area contributed by atoms with E-state index in [-0.39, 0.29) is 24.2 Å². The maximum absolute atomic E-state index is 13.9. The van der Waals surface area contributed by atoms with Gasteiger partial charge in [0.05, 0.1) is 6.04 Å². The minimum absolute atomic E-state index is 0.0414. The molecule has 7 heteroatoms. The first-order valence-electron chi connectivity index (χ1n) is 5.84. The molecule has 0 aliphatic carbocycles. The van der Waals surface area contributed by atoms with Gasteiger partial charge in [-0.1, -0.05) is 6.07 Å². The van der Waals surface area contributed by atoms with E-state index < -0.39 is 27.5 Å². The summed E-state index contributed by atoms with van der Waals surface area (Å²) in [7, 11) is -3.09. The van der Waals surface area contributed by atoms with Crippen LogP contribution in [0.25, 0.3) is 0 Å². The highest BCUT2D eigenvalue weighted by molar-refractivity contribution is 7.90. The number of aryl methyl sites for hydroxylation is 1. The third kappa shape index (κ3) is 4.52. The number of hydrogen-bond acceptors (Lipinski definition) is 4. The maximum Gasteiger partial charge on any atom is 0.147 e. The Labute approximate surface area is 111 Å². The molecule has 3 N–H and O–H groups in total. The van der Waals surface area contributed by atoms with Crippen molar-refractivity contribution in [3.8, 4) is 0 Å². The summed E-state index contributed by atoms with van der Waals surface area (Å²) < 4.78 is 49.6. The van der Waals surface area contributed by atoms with E-state index in [0.29, 0.717) is 5.56 Å². The van der Waals surface area contributed by atoms with Crippen LogP contribution in [0.15, 0.2) is 12.1 Å². The van der Waals surface area contributed by atoms with Crippen molar-refractivity contribution >= 4 is 9.84 Å². The van der Waals surface area contributed by atoms with E-state index in [9.17, 15) is 17.2 Å². The van der Waals surface area contributed by atoms with Gasteiger partial charge in [0.1, 0.15) is 21.5 Å². The van der Waals surface area contributed by atoms with Crippen LogP contribution in [-0.4, -0.2) is 20.4 Å². The lowest BCUT2D eigenvalue weighted by molar-refractivity contribution is 0.448. The fourth-order valence-corrected chi connectivity index (χ4v) is 2.55. The molecule has 0 aromatic heterocycles. The number of benzene rings is 1. The van der Waals surface area contributed by atoms with E-state index in [1.807, 2.05) is 0 Å². The van der Waals surface area contributed by atoms with Gasteiger partial charge in [0, 0.05) is 17.6 Å². The summed E-state index contributed by atoms with van der Waals surface area (Å²) in [5.41, 5.74) is 2.52. The Morgan fingerprint density at radius 2 is 2.00 bits per heavy atom. The van der Waals surface area contributed by atoms with E-state index in [1.54, 1.807) is 0 Å². The van der Waals surface area contributed by atoms with Gasteiger partial charge in [0.2, 0.25) is 0 Å². The van der Waals surface area contributed by atoms with E-state index in [2.05, 4.69) is 5.43 Å². The van der Waals surface area contributed by atoms with Crippen LogP contribution in [0.1, 0.15) is 30.0 Å². The zero-order valence-corrected chi connectivity index (χ0v) is 11.7. The lowest BCUT2D eigenvalue weighted by Crippen LogP contribution is -2.30. The zero-order chi connectivity index (χ0) is 14.6. The van der Waals surface area contributed by atoms with Crippen LogP contribution in [0.4, 0.5) is 8.78 Å². The second-order valence-corrected chi connectivity index (χ2v) is 6.84. The predicted molar refractivity (Wildman–Crippen MR) is 70.1 cm³/mol. The first kappa shape index (κ1) is 16.0. The van der Waals surface area contributed by atoms with Crippen molar-refractivity contribution < 1.29 is 17.2 Å². The zero-order valence-electron chi connectivity index (χ0n) is 10.9. The van der Waals surface area contributed by atoms with Crippen molar-refractivity contribution in [2.24, 2.45) is 5.84 Å². The van der Waals surface area contributed by atoms with Gasteiger partial charge in [0.15, 0.2) is 0 Å². The molecule has 19 heavy (non-hydrogen) atoms. The van der Waals surface area contributed by atoms with Crippen LogP contribution in [0.3, 0.4) is 0 Å². The van der Waals surface area contributed by atoms with Crippen molar-refractivity contribution in [1.29, 1.82) is 0 Å². The van der Waals surface area contributed by atoms with Gasteiger partial charge in [-0.3, -0.25) is 11.3 Å². The molecule has 0 radical (unpaired) electrons. The van der Waals surface area contributed by atoms with Crippen LogP contribution >= 0.6 is 0 Å². The van der Waals surface area contributed by atoms with Gasteiger partial charge in [-0.05, 0) is 31.4 Å². The Balaban J connectivity index is 2.89. The molecule has 0 saturated carbocycles. The third-order valence-corrected chi connectivity index (χ3v) is 3.91. The van der Waals surface area contributed by atoms with Crippen molar-refractivity contribution in [2.45, 2.75) is 25.8 Å². The molecule has 0 saturated heterocycles. The molecule has 0 spiro atoms. The van der Waals surface area contributed by atoms with Crippen molar-refractivity contribution in [1.82, 2.24) is 5.43 Å². The quantitative estimate of drug-likeness (QED) is 0.617. The molecule has 0 aliphatic heterocycles. The standard InChI is InChI=1S/C12H18F2N2O2S/c1-8-5-6-9(13)11(12(8)14)10(16-15)4-3-7-19(2,17)18/h5-6,10,16H,3-4,7,15H2,1-2H3. The molecular formula is C12H18F2N2O2S. The normalized spacial score (nSPS) is 13.5. The summed E-state index contributed by atoms with van der Waals surface area (Å²) in [6.07, 6.45) is 1.63. The number of rotatable bonds is 6. The predicted octanol–water partition coefficient (Wildman–Crippen LogP) is 1.60. The van der Waals surface area contributed by atoms with Gasteiger partial charge < -0.3 is 0 Å². The van der Waals surface area contributed by atoms with Crippen LogP contribution in [0.5, 0.6) is 0 Å². The summed E-state index contributed by atoms with van der Waals surface area (Å²) in [5, 5.41) is 0.